The fourth-order valence-corrected chi connectivity index (χ4v) is 4.13. The maximum atomic E-state index is 12.7. The molecule has 1 aliphatic carbocycles. The average Bonchev–Trinajstić information content (AvgIpc) is 2.87. The van der Waals surface area contributed by atoms with Crippen molar-refractivity contribution in [3.63, 3.8) is 0 Å². The molecule has 0 saturated heterocycles. The number of carboxylic acids is 1. The first-order valence-electron chi connectivity index (χ1n) is 11.6. The van der Waals surface area contributed by atoms with E-state index in [1.165, 1.54) is 43.5 Å². The highest BCUT2D eigenvalue weighted by molar-refractivity contribution is 5.90. The summed E-state index contributed by atoms with van der Waals surface area (Å²) in [6, 6.07) is 7.46. The highest BCUT2D eigenvalue weighted by Gasteiger charge is 2.54. The number of carbonyl (C=O) groups excluding carboxylic acids is 2. The summed E-state index contributed by atoms with van der Waals surface area (Å²) >= 11 is 0. The van der Waals surface area contributed by atoms with Crippen molar-refractivity contribution in [2.75, 3.05) is 7.11 Å². The van der Waals surface area contributed by atoms with E-state index in [0.29, 0.717) is 5.56 Å². The summed E-state index contributed by atoms with van der Waals surface area (Å²) in [6.45, 7) is 0. The number of aliphatic hydroxyl groups is 2. The lowest BCUT2D eigenvalue weighted by molar-refractivity contribution is -0.209. The Morgan fingerprint density at radius 3 is 2.21 bits per heavy atom. The topological polar surface area (TPSA) is 221 Å². The molecule has 2 aromatic rings. The zero-order chi connectivity index (χ0) is 28.9. The number of aromatic hydroxyl groups is 4. The number of phenols is 4. The number of phenolic OH excluding ortho intramolecular Hbond substituents is 4. The molecule has 1 saturated carbocycles. The summed E-state index contributed by atoms with van der Waals surface area (Å²) in [5.74, 6) is -5.39. The fourth-order valence-electron chi connectivity index (χ4n) is 4.13. The summed E-state index contributed by atoms with van der Waals surface area (Å²) in [5, 5.41) is 68.7. The lowest BCUT2D eigenvalue weighted by Gasteiger charge is -2.41. The van der Waals surface area contributed by atoms with E-state index in [1.54, 1.807) is 0 Å². The van der Waals surface area contributed by atoms with E-state index in [9.17, 15) is 50.1 Å². The molecule has 2 aromatic carbocycles. The predicted octanol–water partition coefficient (Wildman–Crippen LogP) is 1.09. The zero-order valence-electron chi connectivity index (χ0n) is 20.6. The second kappa shape index (κ2) is 12.0. The highest BCUT2D eigenvalue weighted by Crippen LogP contribution is 2.36. The summed E-state index contributed by atoms with van der Waals surface area (Å²) in [6.07, 6.45) is -5.69. The first kappa shape index (κ1) is 29.2. The molecule has 0 heterocycles. The van der Waals surface area contributed by atoms with Crippen LogP contribution in [0.25, 0.3) is 6.08 Å². The summed E-state index contributed by atoms with van der Waals surface area (Å²) in [7, 11) is 1.28. The van der Waals surface area contributed by atoms with Crippen molar-refractivity contribution in [2.45, 2.75) is 49.3 Å². The highest BCUT2D eigenvalue weighted by atomic mass is 16.6. The van der Waals surface area contributed by atoms with Gasteiger partial charge in [-0.25, -0.2) is 9.59 Å². The Morgan fingerprint density at radius 1 is 0.974 bits per heavy atom. The third-order valence-electron chi connectivity index (χ3n) is 6.23. The van der Waals surface area contributed by atoms with Gasteiger partial charge in [0.25, 0.3) is 0 Å². The number of rotatable bonds is 9. The Hall–Kier alpha value is -4.33. The maximum Gasteiger partial charge on any atom is 0.348 e. The van der Waals surface area contributed by atoms with Crippen LogP contribution in [-0.2, 0) is 28.6 Å². The van der Waals surface area contributed by atoms with Gasteiger partial charge in [0.15, 0.2) is 23.0 Å². The van der Waals surface area contributed by atoms with Gasteiger partial charge in [-0.15, -0.1) is 0 Å². The van der Waals surface area contributed by atoms with Crippen molar-refractivity contribution >= 4 is 24.0 Å². The van der Waals surface area contributed by atoms with Crippen LogP contribution in [0.1, 0.15) is 36.5 Å². The molecule has 5 atom stereocenters. The molecule has 3 rings (SSSR count). The standard InChI is InChI=1S/C26H28O13/c1-37-20(14-4-6-16(28)18(30)9-14)10-23(33)38-21-12-26(25(35)36,11-19(31)24(21)34)39-22(32)7-3-13-2-5-15(27)17(29)8-13/h2-9,19-21,24,27-31,34H,10-12H2,1H3,(H,35,36)/b7-3+/t19-,20+,21-,24-,26?/m1/s1. The van der Waals surface area contributed by atoms with E-state index >= 15 is 0 Å². The van der Waals surface area contributed by atoms with Gasteiger partial charge in [-0.3, -0.25) is 4.79 Å². The van der Waals surface area contributed by atoms with E-state index in [-0.39, 0.29) is 17.1 Å². The molecule has 13 heteroatoms. The first-order valence-corrected chi connectivity index (χ1v) is 11.6. The van der Waals surface area contributed by atoms with E-state index < -0.39 is 78.7 Å². The van der Waals surface area contributed by atoms with Gasteiger partial charge < -0.3 is 50.0 Å². The van der Waals surface area contributed by atoms with Crippen molar-refractivity contribution in [1.82, 2.24) is 0 Å². The van der Waals surface area contributed by atoms with Crippen LogP contribution in [0.15, 0.2) is 42.5 Å². The number of aliphatic carboxylic acids is 1. The van der Waals surface area contributed by atoms with E-state index in [1.807, 2.05) is 0 Å². The minimum absolute atomic E-state index is 0.284. The van der Waals surface area contributed by atoms with Gasteiger partial charge in [-0.1, -0.05) is 12.1 Å². The van der Waals surface area contributed by atoms with E-state index in [2.05, 4.69) is 0 Å². The van der Waals surface area contributed by atoms with Gasteiger partial charge in [-0.2, -0.15) is 0 Å². The smallest absolute Gasteiger partial charge is 0.348 e. The normalized spacial score (nSPS) is 23.7. The molecule has 39 heavy (non-hydrogen) atoms. The molecule has 0 amide bonds. The number of hydrogen-bond acceptors (Lipinski definition) is 12. The van der Waals surface area contributed by atoms with Crippen molar-refractivity contribution in [2.24, 2.45) is 0 Å². The molecule has 1 fully saturated rings. The van der Waals surface area contributed by atoms with Crippen molar-refractivity contribution in [1.29, 1.82) is 0 Å². The van der Waals surface area contributed by atoms with Crippen LogP contribution in [0.2, 0.25) is 0 Å². The fraction of sp³-hybridized carbons (Fsp3) is 0.346. The summed E-state index contributed by atoms with van der Waals surface area (Å²) < 4.78 is 15.7. The first-order chi connectivity index (χ1) is 18.3. The largest absolute Gasteiger partial charge is 0.504 e. The Balaban J connectivity index is 1.73. The molecule has 0 radical (unpaired) electrons. The molecule has 7 N–H and O–H groups in total. The number of hydrogen-bond donors (Lipinski definition) is 7. The molecule has 13 nitrogen and oxygen atoms in total. The van der Waals surface area contributed by atoms with Crippen LogP contribution in [0.5, 0.6) is 23.0 Å². The number of benzene rings is 2. The Kier molecular flexibility index (Phi) is 9.01. The number of ether oxygens (including phenoxy) is 3. The number of carbonyl (C=O) groups is 3. The van der Waals surface area contributed by atoms with Gasteiger partial charge in [0.1, 0.15) is 12.2 Å². The number of methoxy groups -OCH3 is 1. The second-order valence-electron chi connectivity index (χ2n) is 8.97. The van der Waals surface area contributed by atoms with Gasteiger partial charge in [0.05, 0.1) is 18.6 Å². The Bertz CT molecular complexity index is 1260. The number of esters is 2. The average molecular weight is 548 g/mol. The van der Waals surface area contributed by atoms with Gasteiger partial charge in [-0.05, 0) is 41.5 Å². The van der Waals surface area contributed by atoms with Gasteiger partial charge >= 0.3 is 17.9 Å². The predicted molar refractivity (Wildman–Crippen MR) is 131 cm³/mol. The lowest BCUT2D eigenvalue weighted by atomic mass is 9.79. The quantitative estimate of drug-likeness (QED) is 0.133. The summed E-state index contributed by atoms with van der Waals surface area (Å²) in [5.41, 5.74) is -1.75. The molecule has 0 bridgehead atoms. The summed E-state index contributed by atoms with van der Waals surface area (Å²) in [4.78, 5) is 37.3. The monoisotopic (exact) mass is 548 g/mol. The van der Waals surface area contributed by atoms with E-state index in [0.717, 1.165) is 12.1 Å². The minimum atomic E-state index is -2.36. The Labute approximate surface area is 221 Å². The molecule has 210 valence electrons. The van der Waals surface area contributed by atoms with Crippen molar-refractivity contribution in [3.05, 3.63) is 53.6 Å². The Morgan fingerprint density at radius 2 is 1.62 bits per heavy atom. The molecule has 1 aliphatic rings. The zero-order valence-corrected chi connectivity index (χ0v) is 20.6. The third-order valence-corrected chi connectivity index (χ3v) is 6.23. The van der Waals surface area contributed by atoms with Crippen LogP contribution in [-0.4, -0.2) is 84.7 Å². The van der Waals surface area contributed by atoms with Gasteiger partial charge in [0, 0.05) is 26.0 Å². The van der Waals surface area contributed by atoms with Crippen LogP contribution >= 0.6 is 0 Å². The SMILES string of the molecule is CO[C@@H](CC(=O)O[C@@H]1CC(OC(=O)/C=C/c2ccc(O)c(O)c2)(C(=O)O)C[C@@H](O)[C@H]1O)c1ccc(O)c(O)c1. The number of carboxylic acid groups (broad SMARTS) is 1. The third kappa shape index (κ3) is 6.96. The molecule has 1 unspecified atom stereocenters. The van der Waals surface area contributed by atoms with Crippen LogP contribution in [0, 0.1) is 0 Å². The van der Waals surface area contributed by atoms with Crippen LogP contribution < -0.4 is 0 Å². The lowest BCUT2D eigenvalue weighted by Crippen LogP contribution is -2.58. The molecule has 0 aromatic heterocycles. The van der Waals surface area contributed by atoms with Crippen LogP contribution in [0.3, 0.4) is 0 Å². The van der Waals surface area contributed by atoms with Crippen LogP contribution in [0.4, 0.5) is 0 Å². The molecule has 0 aliphatic heterocycles. The van der Waals surface area contributed by atoms with Crippen molar-refractivity contribution in [3.8, 4) is 23.0 Å². The van der Waals surface area contributed by atoms with Gasteiger partial charge in [0.2, 0.25) is 5.60 Å². The van der Waals surface area contributed by atoms with E-state index in [4.69, 9.17) is 14.2 Å². The van der Waals surface area contributed by atoms with Crippen molar-refractivity contribution < 1.29 is 64.3 Å². The number of aliphatic hydroxyl groups excluding tert-OH is 2. The molecular weight excluding hydrogens is 520 g/mol. The second-order valence-corrected chi connectivity index (χ2v) is 8.97. The maximum absolute atomic E-state index is 12.7. The minimum Gasteiger partial charge on any atom is -0.504 e. The molecule has 0 spiro atoms. The molecular formula is C26H28O13.